The Balaban J connectivity index is 1.94. The summed E-state index contributed by atoms with van der Waals surface area (Å²) in [7, 11) is 0. The minimum absolute atomic E-state index is 0.147. The summed E-state index contributed by atoms with van der Waals surface area (Å²) in [6, 6.07) is 8.88. The van der Waals surface area contributed by atoms with Crippen LogP contribution in [0.3, 0.4) is 0 Å². The van der Waals surface area contributed by atoms with Gasteiger partial charge < -0.3 is 4.42 Å². The molecule has 104 valence electrons. The van der Waals surface area contributed by atoms with Crippen LogP contribution in [0.15, 0.2) is 52.2 Å². The molecule has 0 saturated carbocycles. The van der Waals surface area contributed by atoms with E-state index in [0.717, 1.165) is 6.07 Å². The van der Waals surface area contributed by atoms with Crippen LogP contribution in [0.4, 0.5) is 4.39 Å². The number of benzene rings is 1. The van der Waals surface area contributed by atoms with E-state index >= 15 is 0 Å². The number of hydrazone groups is 1. The summed E-state index contributed by atoms with van der Waals surface area (Å²) in [6.07, 6.45) is 6.08. The second-order valence-corrected chi connectivity index (χ2v) is 3.90. The Kier molecular flexibility index (Phi) is 4.62. The molecule has 2 aromatic rings. The molecule has 2 rings (SSSR count). The Hall–Kier alpha value is -3.20. The van der Waals surface area contributed by atoms with E-state index in [1.54, 1.807) is 30.4 Å². The number of nitriles is 1. The van der Waals surface area contributed by atoms with Crippen LogP contribution in [0, 0.1) is 17.1 Å². The summed E-state index contributed by atoms with van der Waals surface area (Å²) < 4.78 is 18.6. The number of carbonyl (C=O) groups is 1. The van der Waals surface area contributed by atoms with Crippen LogP contribution in [0.5, 0.6) is 0 Å². The zero-order valence-corrected chi connectivity index (χ0v) is 10.8. The SMILES string of the molecule is N#Cc1ccc(C(=O)N/N=C\C=C\c2ccco2)c(F)c1. The highest BCUT2D eigenvalue weighted by Crippen LogP contribution is 2.09. The van der Waals surface area contributed by atoms with E-state index < -0.39 is 11.7 Å². The number of allylic oxidation sites excluding steroid dienone is 1. The average molecular weight is 283 g/mol. The first kappa shape index (κ1) is 14.2. The highest BCUT2D eigenvalue weighted by atomic mass is 19.1. The van der Waals surface area contributed by atoms with Gasteiger partial charge in [-0.1, -0.05) is 0 Å². The second-order valence-electron chi connectivity index (χ2n) is 3.90. The first-order chi connectivity index (χ1) is 10.2. The molecular weight excluding hydrogens is 273 g/mol. The third kappa shape index (κ3) is 3.88. The van der Waals surface area contributed by atoms with Crippen molar-refractivity contribution in [1.82, 2.24) is 5.43 Å². The van der Waals surface area contributed by atoms with Crippen molar-refractivity contribution < 1.29 is 13.6 Å². The van der Waals surface area contributed by atoms with Crippen molar-refractivity contribution in [3.8, 4) is 6.07 Å². The van der Waals surface area contributed by atoms with E-state index in [2.05, 4.69) is 10.5 Å². The molecule has 0 aliphatic rings. The molecule has 0 fully saturated rings. The molecule has 0 bridgehead atoms. The van der Waals surface area contributed by atoms with Gasteiger partial charge in [-0.2, -0.15) is 10.4 Å². The topological polar surface area (TPSA) is 78.4 Å². The fourth-order valence-electron chi connectivity index (χ4n) is 1.49. The molecule has 0 aliphatic heterocycles. The molecule has 1 aromatic carbocycles. The number of hydrogen-bond acceptors (Lipinski definition) is 4. The molecule has 0 saturated heterocycles. The normalized spacial score (nSPS) is 10.9. The predicted molar refractivity (Wildman–Crippen MR) is 74.8 cm³/mol. The van der Waals surface area contributed by atoms with Crippen molar-refractivity contribution in [1.29, 1.82) is 5.26 Å². The van der Waals surface area contributed by atoms with Crippen molar-refractivity contribution in [2.75, 3.05) is 0 Å². The largest absolute Gasteiger partial charge is 0.465 e. The van der Waals surface area contributed by atoms with Gasteiger partial charge in [0.1, 0.15) is 11.6 Å². The van der Waals surface area contributed by atoms with Crippen LogP contribution >= 0.6 is 0 Å². The molecule has 0 atom stereocenters. The molecule has 1 aromatic heterocycles. The lowest BCUT2D eigenvalue weighted by atomic mass is 10.1. The Morgan fingerprint density at radius 1 is 1.43 bits per heavy atom. The predicted octanol–water partition coefficient (Wildman–Crippen LogP) is 2.72. The third-order valence-corrected chi connectivity index (χ3v) is 2.47. The van der Waals surface area contributed by atoms with Gasteiger partial charge in [0.05, 0.1) is 23.5 Å². The van der Waals surface area contributed by atoms with E-state index in [1.807, 2.05) is 0 Å². The lowest BCUT2D eigenvalue weighted by Gasteiger charge is -2.01. The number of carbonyl (C=O) groups excluding carboxylic acids is 1. The molecule has 5 nitrogen and oxygen atoms in total. The van der Waals surface area contributed by atoms with Gasteiger partial charge in [0, 0.05) is 6.21 Å². The second kappa shape index (κ2) is 6.82. The van der Waals surface area contributed by atoms with E-state index in [1.165, 1.54) is 24.6 Å². The standard InChI is InChI=1S/C15H10FN3O2/c16-14-9-11(10-17)5-6-13(14)15(20)19-18-7-1-3-12-4-2-8-21-12/h1-9H,(H,19,20)/b3-1+,18-7-. The summed E-state index contributed by atoms with van der Waals surface area (Å²) >= 11 is 0. The Morgan fingerprint density at radius 3 is 2.95 bits per heavy atom. The molecule has 1 amide bonds. The van der Waals surface area contributed by atoms with Crippen molar-refractivity contribution in [3.05, 3.63) is 65.4 Å². The van der Waals surface area contributed by atoms with Gasteiger partial charge in [0.2, 0.25) is 0 Å². The van der Waals surface area contributed by atoms with Crippen LogP contribution in [-0.4, -0.2) is 12.1 Å². The molecule has 6 heteroatoms. The average Bonchev–Trinajstić information content (AvgIpc) is 2.99. The van der Waals surface area contributed by atoms with Crippen LogP contribution in [0.25, 0.3) is 6.08 Å². The summed E-state index contributed by atoms with van der Waals surface area (Å²) in [5.41, 5.74) is 2.15. The Bertz CT molecular complexity index is 728. The van der Waals surface area contributed by atoms with Crippen molar-refractivity contribution in [2.45, 2.75) is 0 Å². The van der Waals surface area contributed by atoms with Gasteiger partial charge in [0.15, 0.2) is 0 Å². The monoisotopic (exact) mass is 283 g/mol. The number of rotatable bonds is 4. The molecule has 1 N–H and O–H groups in total. The smallest absolute Gasteiger partial charge is 0.274 e. The van der Waals surface area contributed by atoms with Crippen LogP contribution in [-0.2, 0) is 0 Å². The highest BCUT2D eigenvalue weighted by Gasteiger charge is 2.11. The maximum atomic E-state index is 13.6. The maximum Gasteiger partial charge on any atom is 0.274 e. The van der Waals surface area contributed by atoms with Gasteiger partial charge >= 0.3 is 0 Å². The van der Waals surface area contributed by atoms with Gasteiger partial charge in [-0.15, -0.1) is 0 Å². The summed E-state index contributed by atoms with van der Waals surface area (Å²) in [5.74, 6) is -0.821. The third-order valence-electron chi connectivity index (χ3n) is 2.47. The Labute approximate surface area is 120 Å². The molecule has 21 heavy (non-hydrogen) atoms. The van der Waals surface area contributed by atoms with Crippen LogP contribution in [0.2, 0.25) is 0 Å². The number of halogens is 1. The van der Waals surface area contributed by atoms with Crippen LogP contribution in [0.1, 0.15) is 21.7 Å². The quantitative estimate of drug-likeness (QED) is 0.692. The molecule has 0 unspecified atom stereocenters. The van der Waals surface area contributed by atoms with Crippen molar-refractivity contribution in [2.24, 2.45) is 5.10 Å². The fourth-order valence-corrected chi connectivity index (χ4v) is 1.49. The molecule has 0 radical (unpaired) electrons. The summed E-state index contributed by atoms with van der Waals surface area (Å²) in [5, 5.41) is 12.3. The van der Waals surface area contributed by atoms with Gasteiger partial charge in [-0.3, -0.25) is 4.79 Å². The highest BCUT2D eigenvalue weighted by molar-refractivity contribution is 5.95. The minimum Gasteiger partial charge on any atom is -0.465 e. The zero-order valence-electron chi connectivity index (χ0n) is 10.8. The zero-order chi connectivity index (χ0) is 15.1. The first-order valence-electron chi connectivity index (χ1n) is 5.94. The van der Waals surface area contributed by atoms with Gasteiger partial charge in [-0.05, 0) is 42.5 Å². The van der Waals surface area contributed by atoms with Crippen molar-refractivity contribution in [3.63, 3.8) is 0 Å². The van der Waals surface area contributed by atoms with E-state index in [-0.39, 0.29) is 11.1 Å². The van der Waals surface area contributed by atoms with Crippen molar-refractivity contribution >= 4 is 18.2 Å². The molecule has 1 heterocycles. The lowest BCUT2D eigenvalue weighted by Crippen LogP contribution is -2.18. The van der Waals surface area contributed by atoms with Crippen LogP contribution < -0.4 is 5.43 Å². The van der Waals surface area contributed by atoms with E-state index in [9.17, 15) is 9.18 Å². The van der Waals surface area contributed by atoms with Gasteiger partial charge in [0.25, 0.3) is 5.91 Å². The van der Waals surface area contributed by atoms with Gasteiger partial charge in [-0.25, -0.2) is 9.82 Å². The summed E-state index contributed by atoms with van der Waals surface area (Å²) in [4.78, 5) is 11.7. The van der Waals surface area contributed by atoms with E-state index in [0.29, 0.717) is 5.76 Å². The first-order valence-corrected chi connectivity index (χ1v) is 5.94. The number of amides is 1. The maximum absolute atomic E-state index is 13.6. The lowest BCUT2D eigenvalue weighted by molar-refractivity contribution is 0.0951. The summed E-state index contributed by atoms with van der Waals surface area (Å²) in [6.45, 7) is 0. The number of nitrogens with one attached hydrogen (secondary N) is 1. The minimum atomic E-state index is -0.770. The number of hydrogen-bond donors (Lipinski definition) is 1. The van der Waals surface area contributed by atoms with E-state index in [4.69, 9.17) is 9.68 Å². The Morgan fingerprint density at radius 2 is 2.29 bits per heavy atom. The molecule has 0 aliphatic carbocycles. The molecular formula is C15H10FN3O2. The fraction of sp³-hybridized carbons (Fsp3) is 0. The molecule has 0 spiro atoms. The number of nitrogens with zero attached hydrogens (tertiary/aromatic N) is 2. The number of furan rings is 1.